The molecule has 0 aliphatic carbocycles. The molecule has 184 valence electrons. The van der Waals surface area contributed by atoms with Gasteiger partial charge in [-0.15, -0.1) is 0 Å². The first-order valence-electron chi connectivity index (χ1n) is 10.5. The van der Waals surface area contributed by atoms with Crippen molar-refractivity contribution in [3.8, 4) is 0 Å². The minimum atomic E-state index is -1.44. The van der Waals surface area contributed by atoms with Gasteiger partial charge in [-0.3, -0.25) is 19.2 Å². The van der Waals surface area contributed by atoms with Crippen molar-refractivity contribution in [2.75, 3.05) is 13.2 Å². The van der Waals surface area contributed by atoms with Crippen LogP contribution in [-0.4, -0.2) is 77.1 Å². The molecule has 0 heterocycles. The van der Waals surface area contributed by atoms with Crippen LogP contribution in [0.4, 0.5) is 0 Å². The van der Waals surface area contributed by atoms with Gasteiger partial charge in [0.1, 0.15) is 24.2 Å². The average molecular weight is 461 g/mol. The fraction of sp³-hybridized carbons (Fsp3) is 0.737. The maximum absolute atomic E-state index is 12.8. The Morgan fingerprint density at radius 1 is 0.938 bits per heavy atom. The molecule has 13 nitrogen and oxygen atoms in total. The van der Waals surface area contributed by atoms with Crippen LogP contribution in [-0.2, 0) is 24.0 Å². The molecule has 0 bridgehead atoms. The number of carbonyl (C=O) groups is 5. The van der Waals surface area contributed by atoms with Gasteiger partial charge in [0.05, 0.1) is 13.0 Å². The summed E-state index contributed by atoms with van der Waals surface area (Å²) in [5.41, 5.74) is 16.0. The molecule has 0 rings (SSSR count). The standard InChI is InChI=1S/C19H36N6O7/c1-3-10(2)15(19(31)32)25-17(29)12(6-4-5-7-20)23-18(30)13(8-14(22)27)24-16(28)11(21)9-26/h10-13,15,26H,3-9,20-21H2,1-2H3,(H2,22,27)(H,23,30)(H,24,28)(H,25,29)(H,31,32). The first-order chi connectivity index (χ1) is 15.0. The third-order valence-corrected chi connectivity index (χ3v) is 4.93. The largest absolute Gasteiger partial charge is 0.480 e. The van der Waals surface area contributed by atoms with E-state index < -0.39 is 66.8 Å². The second kappa shape index (κ2) is 15.1. The van der Waals surface area contributed by atoms with Crippen LogP contribution in [0.25, 0.3) is 0 Å². The molecule has 4 amide bonds. The highest BCUT2D eigenvalue weighted by Crippen LogP contribution is 2.10. The number of carboxylic acid groups (broad SMARTS) is 1. The number of carboxylic acids is 1. The number of aliphatic hydroxyl groups is 1. The van der Waals surface area contributed by atoms with Gasteiger partial charge in [0.25, 0.3) is 0 Å². The van der Waals surface area contributed by atoms with Crippen molar-refractivity contribution in [1.82, 2.24) is 16.0 Å². The van der Waals surface area contributed by atoms with Crippen molar-refractivity contribution < 1.29 is 34.2 Å². The fourth-order valence-corrected chi connectivity index (χ4v) is 2.74. The molecule has 32 heavy (non-hydrogen) atoms. The summed E-state index contributed by atoms with van der Waals surface area (Å²) in [7, 11) is 0. The number of unbranched alkanes of at least 4 members (excludes halogenated alkanes) is 1. The smallest absolute Gasteiger partial charge is 0.326 e. The Balaban J connectivity index is 5.53. The normalized spacial score (nSPS) is 15.5. The van der Waals surface area contributed by atoms with Crippen LogP contribution in [0.3, 0.4) is 0 Å². The van der Waals surface area contributed by atoms with Crippen molar-refractivity contribution in [2.45, 2.75) is 70.1 Å². The number of aliphatic carboxylic acids is 1. The molecule has 5 unspecified atom stereocenters. The minimum absolute atomic E-state index is 0.148. The Morgan fingerprint density at radius 2 is 1.50 bits per heavy atom. The minimum Gasteiger partial charge on any atom is -0.480 e. The maximum Gasteiger partial charge on any atom is 0.326 e. The quantitative estimate of drug-likeness (QED) is 0.109. The van der Waals surface area contributed by atoms with E-state index in [1.807, 2.05) is 0 Å². The first-order valence-corrected chi connectivity index (χ1v) is 10.5. The lowest BCUT2D eigenvalue weighted by molar-refractivity contribution is -0.144. The van der Waals surface area contributed by atoms with E-state index in [0.29, 0.717) is 25.8 Å². The fourth-order valence-electron chi connectivity index (χ4n) is 2.74. The van der Waals surface area contributed by atoms with E-state index in [0.717, 1.165) is 0 Å². The lowest BCUT2D eigenvalue weighted by Gasteiger charge is -2.26. The Bertz CT molecular complexity index is 660. The highest BCUT2D eigenvalue weighted by Gasteiger charge is 2.32. The number of hydrogen-bond donors (Lipinski definition) is 8. The highest BCUT2D eigenvalue weighted by molar-refractivity contribution is 5.96. The van der Waals surface area contributed by atoms with E-state index in [2.05, 4.69) is 16.0 Å². The zero-order valence-corrected chi connectivity index (χ0v) is 18.5. The number of amides is 4. The molecule has 0 aromatic rings. The Labute approximate surface area is 186 Å². The van der Waals surface area contributed by atoms with Gasteiger partial charge >= 0.3 is 5.97 Å². The number of carbonyl (C=O) groups excluding carboxylic acids is 4. The first kappa shape index (κ1) is 29.2. The molecule has 5 atom stereocenters. The molecule has 0 spiro atoms. The van der Waals surface area contributed by atoms with Gasteiger partial charge in [0, 0.05) is 0 Å². The van der Waals surface area contributed by atoms with Crippen LogP contribution in [0, 0.1) is 5.92 Å². The molecular formula is C19H36N6O7. The summed E-state index contributed by atoms with van der Waals surface area (Å²) in [5, 5.41) is 25.5. The molecule has 0 fully saturated rings. The van der Waals surface area contributed by atoms with E-state index in [4.69, 9.17) is 22.3 Å². The predicted octanol–water partition coefficient (Wildman–Crippen LogP) is -3.10. The van der Waals surface area contributed by atoms with Crippen LogP contribution in [0.5, 0.6) is 0 Å². The molecular weight excluding hydrogens is 424 g/mol. The van der Waals surface area contributed by atoms with E-state index in [1.54, 1.807) is 13.8 Å². The number of nitrogens with two attached hydrogens (primary N) is 3. The van der Waals surface area contributed by atoms with Crippen molar-refractivity contribution in [1.29, 1.82) is 0 Å². The van der Waals surface area contributed by atoms with Crippen molar-refractivity contribution in [2.24, 2.45) is 23.1 Å². The SMILES string of the molecule is CCC(C)C(NC(=O)C(CCCCN)NC(=O)C(CC(N)=O)NC(=O)C(N)CO)C(=O)O. The average Bonchev–Trinajstić information content (AvgIpc) is 2.74. The number of aliphatic hydroxyl groups excluding tert-OH is 1. The van der Waals surface area contributed by atoms with E-state index in [9.17, 15) is 29.1 Å². The molecule has 13 heteroatoms. The highest BCUT2D eigenvalue weighted by atomic mass is 16.4. The van der Waals surface area contributed by atoms with E-state index in [1.165, 1.54) is 0 Å². The molecule has 0 saturated heterocycles. The number of primary amides is 1. The van der Waals surface area contributed by atoms with Crippen LogP contribution in [0.1, 0.15) is 46.0 Å². The second-order valence-corrected chi connectivity index (χ2v) is 7.58. The van der Waals surface area contributed by atoms with Crippen LogP contribution >= 0.6 is 0 Å². The topological polar surface area (TPSA) is 240 Å². The van der Waals surface area contributed by atoms with Crippen molar-refractivity contribution in [3.05, 3.63) is 0 Å². The van der Waals surface area contributed by atoms with Crippen molar-refractivity contribution >= 4 is 29.6 Å². The zero-order valence-electron chi connectivity index (χ0n) is 18.5. The summed E-state index contributed by atoms with van der Waals surface area (Å²) in [6.07, 6.45) is 1.09. The van der Waals surface area contributed by atoms with Gasteiger partial charge < -0.3 is 43.4 Å². The van der Waals surface area contributed by atoms with E-state index in [-0.39, 0.29) is 12.3 Å². The molecule has 0 aromatic heterocycles. The summed E-state index contributed by atoms with van der Waals surface area (Å²) in [6, 6.07) is -5.07. The molecule has 0 aliphatic heterocycles. The number of hydrogen-bond acceptors (Lipinski definition) is 8. The van der Waals surface area contributed by atoms with Gasteiger partial charge in [-0.1, -0.05) is 20.3 Å². The molecule has 0 aliphatic rings. The molecule has 11 N–H and O–H groups in total. The Hall–Kier alpha value is -2.77. The van der Waals surface area contributed by atoms with Gasteiger partial charge in [0.15, 0.2) is 0 Å². The second-order valence-electron chi connectivity index (χ2n) is 7.58. The zero-order chi connectivity index (χ0) is 24.8. The van der Waals surface area contributed by atoms with Gasteiger partial charge in [-0.05, 0) is 31.7 Å². The molecule has 0 aromatic carbocycles. The number of rotatable bonds is 16. The van der Waals surface area contributed by atoms with Crippen LogP contribution in [0.2, 0.25) is 0 Å². The van der Waals surface area contributed by atoms with Gasteiger partial charge in [0.2, 0.25) is 23.6 Å². The summed E-state index contributed by atoms with van der Waals surface area (Å²) in [5.74, 6) is -4.96. The van der Waals surface area contributed by atoms with Gasteiger partial charge in [-0.2, -0.15) is 0 Å². The number of nitrogens with one attached hydrogen (secondary N) is 3. The van der Waals surface area contributed by atoms with Crippen molar-refractivity contribution in [3.63, 3.8) is 0 Å². The third-order valence-electron chi connectivity index (χ3n) is 4.93. The predicted molar refractivity (Wildman–Crippen MR) is 115 cm³/mol. The Morgan fingerprint density at radius 3 is 1.97 bits per heavy atom. The molecule has 0 radical (unpaired) electrons. The lowest BCUT2D eigenvalue weighted by Crippen LogP contribution is -2.58. The summed E-state index contributed by atoms with van der Waals surface area (Å²) in [6.45, 7) is 3.12. The maximum atomic E-state index is 12.8. The van der Waals surface area contributed by atoms with Crippen LogP contribution < -0.4 is 33.2 Å². The third kappa shape index (κ3) is 10.5. The summed E-state index contributed by atoms with van der Waals surface area (Å²) >= 11 is 0. The monoisotopic (exact) mass is 460 g/mol. The molecule has 0 saturated carbocycles. The summed E-state index contributed by atoms with van der Waals surface area (Å²) in [4.78, 5) is 60.3. The van der Waals surface area contributed by atoms with Gasteiger partial charge in [-0.25, -0.2) is 4.79 Å². The summed E-state index contributed by atoms with van der Waals surface area (Å²) < 4.78 is 0. The van der Waals surface area contributed by atoms with Crippen LogP contribution in [0.15, 0.2) is 0 Å². The Kier molecular flexibility index (Phi) is 13.8. The van der Waals surface area contributed by atoms with E-state index >= 15 is 0 Å². The lowest BCUT2D eigenvalue weighted by atomic mass is 9.98.